The Bertz CT molecular complexity index is 564. The minimum Gasteiger partial charge on any atom is -0.399 e. The van der Waals surface area contributed by atoms with E-state index in [1.807, 2.05) is 0 Å². The zero-order valence-corrected chi connectivity index (χ0v) is 10.7. The molecule has 18 heavy (non-hydrogen) atoms. The quantitative estimate of drug-likeness (QED) is 0.831. The first-order chi connectivity index (χ1) is 8.54. The molecule has 0 saturated carbocycles. The number of hydrogen-bond acceptors (Lipinski definition) is 3. The number of anilines is 2. The molecule has 1 aromatic heterocycles. The van der Waals surface area contributed by atoms with Crippen LogP contribution < -0.4 is 11.1 Å². The number of nitrogens with zero attached hydrogens (tertiary/aromatic N) is 1. The third kappa shape index (κ3) is 3.12. The number of carbonyl (C=O) groups is 1. The Kier molecular flexibility index (Phi) is 3.69. The number of nitrogens with two attached hydrogens (primary N) is 1. The Balaban J connectivity index is 2.19. The zero-order valence-electron chi connectivity index (χ0n) is 9.15. The van der Waals surface area contributed by atoms with Gasteiger partial charge in [0.05, 0.1) is 5.02 Å². The molecule has 0 unspecified atom stereocenters. The molecule has 1 heterocycles. The van der Waals surface area contributed by atoms with Crippen LogP contribution in [0.3, 0.4) is 0 Å². The molecular weight excluding hydrogens is 273 g/mol. The Labute approximate surface area is 114 Å². The topological polar surface area (TPSA) is 68.0 Å². The van der Waals surface area contributed by atoms with Gasteiger partial charge in [0.2, 0.25) is 0 Å². The molecule has 0 bridgehead atoms. The van der Waals surface area contributed by atoms with Crippen LogP contribution in [0.4, 0.5) is 11.5 Å². The van der Waals surface area contributed by atoms with E-state index in [1.54, 1.807) is 18.2 Å². The second-order valence-corrected chi connectivity index (χ2v) is 4.46. The minimum atomic E-state index is -0.334. The molecule has 92 valence electrons. The number of nitrogen functional groups attached to an aromatic ring is 1. The van der Waals surface area contributed by atoms with Gasteiger partial charge in [0.25, 0.3) is 5.91 Å². The second-order valence-electron chi connectivity index (χ2n) is 3.59. The van der Waals surface area contributed by atoms with Gasteiger partial charge in [-0.1, -0.05) is 23.2 Å². The first-order valence-electron chi connectivity index (χ1n) is 5.03. The maximum absolute atomic E-state index is 11.9. The summed E-state index contributed by atoms with van der Waals surface area (Å²) in [4.78, 5) is 15.9. The molecule has 1 aromatic carbocycles. The Morgan fingerprint density at radius 3 is 2.56 bits per heavy atom. The fourth-order valence-corrected chi connectivity index (χ4v) is 1.74. The van der Waals surface area contributed by atoms with Gasteiger partial charge in [-0.2, -0.15) is 0 Å². The smallest absolute Gasteiger partial charge is 0.256 e. The first-order valence-corrected chi connectivity index (χ1v) is 5.79. The van der Waals surface area contributed by atoms with Crippen LogP contribution in [0.1, 0.15) is 10.4 Å². The van der Waals surface area contributed by atoms with E-state index in [4.69, 9.17) is 28.9 Å². The molecule has 0 fully saturated rings. The lowest BCUT2D eigenvalue weighted by Gasteiger charge is -2.05. The number of amides is 1. The predicted octanol–water partition coefficient (Wildman–Crippen LogP) is 3.22. The molecule has 6 heteroatoms. The number of nitrogens with one attached hydrogen (secondary N) is 1. The van der Waals surface area contributed by atoms with Gasteiger partial charge in [-0.3, -0.25) is 4.79 Å². The molecule has 3 N–H and O–H groups in total. The Hall–Kier alpha value is -1.78. The van der Waals surface area contributed by atoms with Gasteiger partial charge in [-0.05, 0) is 30.3 Å². The normalized spacial score (nSPS) is 10.1. The third-order valence-electron chi connectivity index (χ3n) is 2.15. The van der Waals surface area contributed by atoms with E-state index in [0.29, 0.717) is 27.1 Å². The summed E-state index contributed by atoms with van der Waals surface area (Å²) in [7, 11) is 0. The van der Waals surface area contributed by atoms with Crippen LogP contribution in [-0.2, 0) is 0 Å². The largest absolute Gasteiger partial charge is 0.399 e. The minimum absolute atomic E-state index is 0.334. The lowest BCUT2D eigenvalue weighted by atomic mass is 10.2. The summed E-state index contributed by atoms with van der Waals surface area (Å²) in [6.07, 6.45) is 1.45. The molecule has 0 radical (unpaired) electrons. The van der Waals surface area contributed by atoms with Crippen LogP contribution in [0.25, 0.3) is 0 Å². The molecule has 1 amide bonds. The summed E-state index contributed by atoms with van der Waals surface area (Å²) in [6.45, 7) is 0. The van der Waals surface area contributed by atoms with E-state index in [0.717, 1.165) is 0 Å². The average Bonchev–Trinajstić information content (AvgIpc) is 2.31. The first kappa shape index (κ1) is 12.7. The summed E-state index contributed by atoms with van der Waals surface area (Å²) in [5.41, 5.74) is 6.41. The highest BCUT2D eigenvalue weighted by Crippen LogP contribution is 2.18. The van der Waals surface area contributed by atoms with Gasteiger partial charge >= 0.3 is 0 Å². The van der Waals surface area contributed by atoms with E-state index in [1.165, 1.54) is 18.3 Å². The highest BCUT2D eigenvalue weighted by molar-refractivity contribution is 6.31. The SMILES string of the molecule is Nc1cc(Cl)cc(C(=O)Nc2ccc(Cl)cn2)c1. The zero-order chi connectivity index (χ0) is 13.1. The van der Waals surface area contributed by atoms with Crippen LogP contribution in [0.2, 0.25) is 10.0 Å². The number of rotatable bonds is 2. The molecule has 2 rings (SSSR count). The molecule has 2 aromatic rings. The average molecular weight is 282 g/mol. The van der Waals surface area contributed by atoms with Crippen LogP contribution >= 0.6 is 23.2 Å². The van der Waals surface area contributed by atoms with Gasteiger partial charge in [0.1, 0.15) is 5.82 Å². The molecule has 0 saturated heterocycles. The fourth-order valence-electron chi connectivity index (χ4n) is 1.38. The van der Waals surface area contributed by atoms with Crippen molar-refractivity contribution in [1.82, 2.24) is 4.98 Å². The van der Waals surface area contributed by atoms with Crippen molar-refractivity contribution in [3.05, 3.63) is 52.1 Å². The van der Waals surface area contributed by atoms with Crippen molar-refractivity contribution in [2.24, 2.45) is 0 Å². The predicted molar refractivity (Wildman–Crippen MR) is 73.1 cm³/mol. The van der Waals surface area contributed by atoms with Gasteiger partial charge in [0, 0.05) is 22.5 Å². The van der Waals surface area contributed by atoms with Gasteiger partial charge in [-0.15, -0.1) is 0 Å². The Morgan fingerprint density at radius 2 is 1.94 bits per heavy atom. The summed E-state index contributed by atoms with van der Waals surface area (Å²) in [5.74, 6) is 0.0713. The highest BCUT2D eigenvalue weighted by atomic mass is 35.5. The van der Waals surface area contributed by atoms with Crippen LogP contribution in [0.15, 0.2) is 36.5 Å². The van der Waals surface area contributed by atoms with Crippen LogP contribution in [0, 0.1) is 0 Å². The summed E-state index contributed by atoms with van der Waals surface area (Å²) < 4.78 is 0. The number of carbonyl (C=O) groups excluding carboxylic acids is 1. The van der Waals surface area contributed by atoms with Crippen molar-refractivity contribution in [2.75, 3.05) is 11.1 Å². The summed E-state index contributed by atoms with van der Waals surface area (Å²) in [6, 6.07) is 7.88. The molecule has 0 aliphatic carbocycles. The third-order valence-corrected chi connectivity index (χ3v) is 2.59. The highest BCUT2D eigenvalue weighted by Gasteiger charge is 2.08. The molecule has 0 atom stereocenters. The van der Waals surface area contributed by atoms with Crippen molar-refractivity contribution in [1.29, 1.82) is 0 Å². The number of aromatic nitrogens is 1. The number of hydrogen-bond donors (Lipinski definition) is 2. The molecule has 0 spiro atoms. The second kappa shape index (κ2) is 5.25. The monoisotopic (exact) mass is 281 g/mol. The maximum Gasteiger partial charge on any atom is 0.256 e. The summed E-state index contributed by atoms with van der Waals surface area (Å²) >= 11 is 11.5. The van der Waals surface area contributed by atoms with Crippen molar-refractivity contribution < 1.29 is 4.79 Å². The van der Waals surface area contributed by atoms with Gasteiger partial charge in [0.15, 0.2) is 0 Å². The van der Waals surface area contributed by atoms with Crippen molar-refractivity contribution in [3.8, 4) is 0 Å². The van der Waals surface area contributed by atoms with Crippen LogP contribution in [0.5, 0.6) is 0 Å². The van der Waals surface area contributed by atoms with E-state index in [-0.39, 0.29) is 5.91 Å². The number of halogens is 2. The molecule has 4 nitrogen and oxygen atoms in total. The van der Waals surface area contributed by atoms with Crippen LogP contribution in [-0.4, -0.2) is 10.9 Å². The van der Waals surface area contributed by atoms with Crippen molar-refractivity contribution >= 4 is 40.6 Å². The van der Waals surface area contributed by atoms with Gasteiger partial charge < -0.3 is 11.1 Å². The van der Waals surface area contributed by atoms with Crippen molar-refractivity contribution in [3.63, 3.8) is 0 Å². The molecular formula is C12H9Cl2N3O. The van der Waals surface area contributed by atoms with E-state index < -0.39 is 0 Å². The molecule has 0 aliphatic heterocycles. The standard InChI is InChI=1S/C12H9Cl2N3O/c13-8-1-2-11(16-6-8)17-12(18)7-3-9(14)5-10(15)4-7/h1-6H,15H2,(H,16,17,18). The summed E-state index contributed by atoms with van der Waals surface area (Å²) in [5, 5.41) is 3.52. The van der Waals surface area contributed by atoms with Gasteiger partial charge in [-0.25, -0.2) is 4.98 Å². The van der Waals surface area contributed by atoms with E-state index in [9.17, 15) is 4.79 Å². The maximum atomic E-state index is 11.9. The Morgan fingerprint density at radius 1 is 1.17 bits per heavy atom. The number of benzene rings is 1. The van der Waals surface area contributed by atoms with E-state index >= 15 is 0 Å². The molecule has 0 aliphatic rings. The lowest BCUT2D eigenvalue weighted by molar-refractivity contribution is 0.102. The fraction of sp³-hybridized carbons (Fsp3) is 0. The number of pyridine rings is 1. The lowest BCUT2D eigenvalue weighted by Crippen LogP contribution is -2.13. The van der Waals surface area contributed by atoms with Crippen molar-refractivity contribution in [2.45, 2.75) is 0 Å². The van der Waals surface area contributed by atoms with E-state index in [2.05, 4.69) is 10.3 Å².